The second-order valence-electron chi connectivity index (χ2n) is 15.9. The number of aliphatic carboxylic acids is 1. The molecule has 1 spiro atoms. The Labute approximate surface area is 301 Å². The SMILES string of the molecule is C[C@@H](COc1ccnc2c1[C@H](C)CCC2)CC1Cc2cc(F)c(CN3CCN(C)CC3)cc2C12CCC(Nc1cccc(Cl)c1)(C(=O)O)CC2. The number of nitrogens with one attached hydrogen (secondary N) is 1. The van der Waals surface area contributed by atoms with Crippen LogP contribution in [0.2, 0.25) is 5.02 Å². The summed E-state index contributed by atoms with van der Waals surface area (Å²) in [5.74, 6) is 0.970. The molecule has 0 bridgehead atoms. The Kier molecular flexibility index (Phi) is 10.2. The van der Waals surface area contributed by atoms with Crippen molar-refractivity contribution in [1.82, 2.24) is 14.8 Å². The zero-order chi connectivity index (χ0) is 35.0. The predicted molar refractivity (Wildman–Crippen MR) is 197 cm³/mol. The first-order chi connectivity index (χ1) is 24.0. The number of ether oxygens (including phenoxy) is 1. The van der Waals surface area contributed by atoms with Crippen molar-refractivity contribution in [2.24, 2.45) is 11.8 Å². The van der Waals surface area contributed by atoms with Crippen molar-refractivity contribution in [3.05, 3.63) is 87.4 Å². The van der Waals surface area contributed by atoms with E-state index in [0.717, 1.165) is 68.7 Å². The van der Waals surface area contributed by atoms with E-state index < -0.39 is 11.5 Å². The number of benzene rings is 2. The van der Waals surface area contributed by atoms with Gasteiger partial charge in [-0.3, -0.25) is 9.88 Å². The molecule has 2 aromatic carbocycles. The van der Waals surface area contributed by atoms with E-state index in [2.05, 4.69) is 47.1 Å². The fourth-order valence-electron chi connectivity index (χ4n) is 9.54. The number of halogens is 2. The van der Waals surface area contributed by atoms with Gasteiger partial charge in [0.05, 0.1) is 6.61 Å². The van der Waals surface area contributed by atoms with Crippen molar-refractivity contribution in [2.45, 2.75) is 95.1 Å². The minimum atomic E-state index is -1.10. The lowest BCUT2D eigenvalue weighted by atomic mass is 9.59. The maximum absolute atomic E-state index is 15.8. The maximum atomic E-state index is 15.8. The van der Waals surface area contributed by atoms with Crippen LogP contribution in [0.25, 0.3) is 0 Å². The second-order valence-corrected chi connectivity index (χ2v) is 16.3. The van der Waals surface area contributed by atoms with Crippen molar-refractivity contribution in [3.8, 4) is 5.75 Å². The third-order valence-corrected chi connectivity index (χ3v) is 12.7. The topological polar surface area (TPSA) is 77.9 Å². The Morgan fingerprint density at radius 1 is 1.14 bits per heavy atom. The molecule has 1 unspecified atom stereocenters. The predicted octanol–water partition coefficient (Wildman–Crippen LogP) is 8.09. The van der Waals surface area contributed by atoms with Gasteiger partial charge in [-0.1, -0.05) is 37.6 Å². The number of aryl methyl sites for hydroxylation is 1. The van der Waals surface area contributed by atoms with Gasteiger partial charge >= 0.3 is 5.97 Å². The normalized spacial score (nSPS) is 27.5. The number of hydrogen-bond donors (Lipinski definition) is 2. The summed E-state index contributed by atoms with van der Waals surface area (Å²) in [4.78, 5) is 22.3. The average Bonchev–Trinajstić information content (AvgIpc) is 3.36. The smallest absolute Gasteiger partial charge is 0.329 e. The minimum absolute atomic E-state index is 0.121. The fraction of sp³-hybridized carbons (Fsp3) is 0.561. The lowest BCUT2D eigenvalue weighted by molar-refractivity contribution is -0.144. The number of rotatable bonds is 10. The van der Waals surface area contributed by atoms with Gasteiger partial charge in [-0.25, -0.2) is 9.18 Å². The molecule has 1 aliphatic heterocycles. The van der Waals surface area contributed by atoms with Gasteiger partial charge in [0, 0.05) is 66.5 Å². The summed E-state index contributed by atoms with van der Waals surface area (Å²) in [5, 5.41) is 14.6. The van der Waals surface area contributed by atoms with Crippen LogP contribution in [0.1, 0.15) is 92.7 Å². The summed E-state index contributed by atoms with van der Waals surface area (Å²) in [7, 11) is 2.14. The summed E-state index contributed by atoms with van der Waals surface area (Å²) in [6, 6.07) is 13.3. The molecule has 2 fully saturated rings. The standard InChI is InChI=1S/C41H52ClFN4O3/c1-27(26-50-37-10-15-44-36-9-4-6-28(2)38(36)37)20-31-21-29-23-35(43)30(25-47-18-16-46(3)17-19-47)22-34(29)40(31)11-13-41(14-12-40,39(48)49)45-33-8-5-7-32(42)24-33/h5,7-8,10,15,22-24,27-28,31,45H,4,6,9,11-14,16-21,25-26H2,1-3H3,(H,48,49)/t27-,28-,31?,40?,41?/m1/s1. The molecule has 2 N–H and O–H groups in total. The van der Waals surface area contributed by atoms with Gasteiger partial charge < -0.3 is 20.1 Å². The number of aromatic nitrogens is 1. The van der Waals surface area contributed by atoms with Crippen molar-refractivity contribution in [2.75, 3.05) is 45.2 Å². The Balaban J connectivity index is 1.15. The highest BCUT2D eigenvalue weighted by molar-refractivity contribution is 6.30. The molecule has 2 heterocycles. The molecular weight excluding hydrogens is 651 g/mol. The summed E-state index contributed by atoms with van der Waals surface area (Å²) in [5.41, 5.74) is 4.91. The first kappa shape index (κ1) is 35.2. The van der Waals surface area contributed by atoms with Crippen LogP contribution in [0.15, 0.2) is 48.7 Å². The molecule has 268 valence electrons. The van der Waals surface area contributed by atoms with Crippen LogP contribution >= 0.6 is 11.6 Å². The van der Waals surface area contributed by atoms with E-state index in [0.29, 0.717) is 55.5 Å². The molecule has 7 nitrogen and oxygen atoms in total. The number of anilines is 1. The second kappa shape index (κ2) is 14.4. The Hall–Kier alpha value is -3.20. The molecule has 1 aromatic heterocycles. The molecule has 0 radical (unpaired) electrons. The summed E-state index contributed by atoms with van der Waals surface area (Å²) in [6.45, 7) is 9.55. The molecule has 9 heteroatoms. The number of fused-ring (bicyclic) bond motifs is 3. The summed E-state index contributed by atoms with van der Waals surface area (Å²) >= 11 is 6.28. The average molecular weight is 703 g/mol. The lowest BCUT2D eigenvalue weighted by Crippen LogP contribution is -2.53. The first-order valence-electron chi connectivity index (χ1n) is 18.7. The molecule has 1 saturated heterocycles. The third kappa shape index (κ3) is 7.00. The molecule has 0 amide bonds. The third-order valence-electron chi connectivity index (χ3n) is 12.4. The van der Waals surface area contributed by atoms with E-state index in [1.54, 1.807) is 18.2 Å². The largest absolute Gasteiger partial charge is 0.493 e. The summed E-state index contributed by atoms with van der Waals surface area (Å²) in [6.07, 6.45) is 9.31. The van der Waals surface area contributed by atoms with Crippen LogP contribution in [0, 0.1) is 17.7 Å². The van der Waals surface area contributed by atoms with E-state index in [1.165, 1.54) is 23.2 Å². The monoisotopic (exact) mass is 702 g/mol. The molecule has 7 rings (SSSR count). The zero-order valence-corrected chi connectivity index (χ0v) is 30.6. The number of hydrogen-bond acceptors (Lipinski definition) is 6. The van der Waals surface area contributed by atoms with Gasteiger partial charge in [-0.15, -0.1) is 0 Å². The highest BCUT2D eigenvalue weighted by Gasteiger charge is 2.54. The lowest BCUT2D eigenvalue weighted by Gasteiger charge is -2.47. The molecule has 3 aliphatic carbocycles. The van der Waals surface area contributed by atoms with E-state index in [4.69, 9.17) is 16.3 Å². The van der Waals surface area contributed by atoms with E-state index in [9.17, 15) is 9.90 Å². The van der Waals surface area contributed by atoms with Crippen LogP contribution in [0.3, 0.4) is 0 Å². The Morgan fingerprint density at radius 2 is 1.92 bits per heavy atom. The fourth-order valence-corrected chi connectivity index (χ4v) is 9.73. The molecular formula is C41H52ClFN4O3. The van der Waals surface area contributed by atoms with Crippen molar-refractivity contribution in [3.63, 3.8) is 0 Å². The summed E-state index contributed by atoms with van der Waals surface area (Å²) < 4.78 is 22.4. The number of pyridine rings is 1. The molecule has 3 aromatic rings. The number of likely N-dealkylation sites (N-methyl/N-ethyl adjacent to an activating group) is 1. The van der Waals surface area contributed by atoms with Crippen LogP contribution < -0.4 is 10.1 Å². The van der Waals surface area contributed by atoms with E-state index in [1.807, 2.05) is 24.4 Å². The number of carbonyl (C=O) groups is 1. The van der Waals surface area contributed by atoms with Gasteiger partial charge in [0.1, 0.15) is 17.1 Å². The number of carboxylic acid groups (broad SMARTS) is 1. The minimum Gasteiger partial charge on any atom is -0.493 e. The zero-order valence-electron chi connectivity index (χ0n) is 29.8. The van der Waals surface area contributed by atoms with Crippen molar-refractivity contribution >= 4 is 23.3 Å². The van der Waals surface area contributed by atoms with Crippen LogP contribution in [-0.4, -0.2) is 71.2 Å². The number of nitrogens with zero attached hydrogens (tertiary/aromatic N) is 3. The highest BCUT2D eigenvalue weighted by atomic mass is 35.5. The van der Waals surface area contributed by atoms with Gasteiger partial charge in [-0.2, -0.15) is 0 Å². The van der Waals surface area contributed by atoms with Crippen LogP contribution in [0.4, 0.5) is 10.1 Å². The Morgan fingerprint density at radius 3 is 2.66 bits per heavy atom. The van der Waals surface area contributed by atoms with Crippen LogP contribution in [-0.2, 0) is 29.6 Å². The van der Waals surface area contributed by atoms with Gasteiger partial charge in [-0.05, 0) is 129 Å². The van der Waals surface area contributed by atoms with E-state index in [-0.39, 0.29) is 23.1 Å². The molecule has 50 heavy (non-hydrogen) atoms. The number of piperazine rings is 1. The van der Waals surface area contributed by atoms with Crippen molar-refractivity contribution in [1.29, 1.82) is 0 Å². The van der Waals surface area contributed by atoms with E-state index >= 15 is 4.39 Å². The van der Waals surface area contributed by atoms with Gasteiger partial charge in [0.2, 0.25) is 0 Å². The quantitative estimate of drug-likeness (QED) is 0.221. The van der Waals surface area contributed by atoms with Gasteiger partial charge in [0.25, 0.3) is 0 Å². The number of carboxylic acids is 1. The first-order valence-corrected chi connectivity index (χ1v) is 19.0. The highest BCUT2D eigenvalue weighted by Crippen LogP contribution is 2.56. The molecule has 4 aliphatic rings. The Bertz CT molecular complexity index is 1700. The van der Waals surface area contributed by atoms with Crippen molar-refractivity contribution < 1.29 is 19.0 Å². The van der Waals surface area contributed by atoms with Gasteiger partial charge in [0.15, 0.2) is 0 Å². The molecule has 1 saturated carbocycles. The van der Waals surface area contributed by atoms with Crippen LogP contribution in [0.5, 0.6) is 5.75 Å². The molecule has 3 atom stereocenters. The maximum Gasteiger partial charge on any atom is 0.329 e.